The second kappa shape index (κ2) is 5.01. The van der Waals surface area contributed by atoms with Crippen LogP contribution in [0.25, 0.3) is 0 Å². The highest BCUT2D eigenvalue weighted by Crippen LogP contribution is 2.41. The number of rotatable bonds is 0. The molecule has 5 heteroatoms. The van der Waals surface area contributed by atoms with Gasteiger partial charge in [-0.3, -0.25) is 0 Å². The van der Waals surface area contributed by atoms with E-state index in [0.29, 0.717) is 17.9 Å². The van der Waals surface area contributed by atoms with E-state index in [1.165, 1.54) is 17.8 Å². The molecule has 0 radical (unpaired) electrons. The molecule has 0 saturated carbocycles. The fourth-order valence-electron chi connectivity index (χ4n) is 2.31. The van der Waals surface area contributed by atoms with Gasteiger partial charge >= 0.3 is 6.18 Å². The van der Waals surface area contributed by atoms with Gasteiger partial charge in [-0.15, -0.1) is 0 Å². The lowest BCUT2D eigenvalue weighted by atomic mass is 10.0. The van der Waals surface area contributed by atoms with Gasteiger partial charge in [0.1, 0.15) is 0 Å². The number of hydrogen-bond donors (Lipinski definition) is 0. The largest absolute Gasteiger partial charge is 0.416 e. The van der Waals surface area contributed by atoms with Gasteiger partial charge in [0, 0.05) is 14.8 Å². The summed E-state index contributed by atoms with van der Waals surface area (Å²) in [7, 11) is 0. The zero-order chi connectivity index (χ0) is 14.3. The highest BCUT2D eigenvalue weighted by Gasteiger charge is 2.31. The van der Waals surface area contributed by atoms with Gasteiger partial charge in [-0.2, -0.15) is 13.2 Å². The van der Waals surface area contributed by atoms with Crippen LogP contribution in [0.4, 0.5) is 13.2 Å². The summed E-state index contributed by atoms with van der Waals surface area (Å²) in [5.74, 6) is 0. The second-order valence-corrected chi connectivity index (χ2v) is 6.13. The van der Waals surface area contributed by atoms with Crippen LogP contribution >= 0.6 is 23.4 Å². The van der Waals surface area contributed by atoms with Crippen molar-refractivity contribution in [3.8, 4) is 0 Å². The highest BCUT2D eigenvalue weighted by atomic mass is 35.5. The summed E-state index contributed by atoms with van der Waals surface area (Å²) in [4.78, 5) is 1.90. The first kappa shape index (κ1) is 13.8. The van der Waals surface area contributed by atoms with Crippen LogP contribution in [0, 0.1) is 0 Å². The molecule has 0 fully saturated rings. The molecule has 1 aliphatic rings. The third-order valence-electron chi connectivity index (χ3n) is 3.33. The molecule has 20 heavy (non-hydrogen) atoms. The van der Waals surface area contributed by atoms with Crippen LogP contribution in [0.5, 0.6) is 0 Å². The topological polar surface area (TPSA) is 0 Å². The molecule has 0 unspecified atom stereocenters. The predicted octanol–water partition coefficient (Wildman–Crippen LogP) is 5.61. The van der Waals surface area contributed by atoms with Gasteiger partial charge in [0.05, 0.1) is 5.56 Å². The lowest BCUT2D eigenvalue weighted by Crippen LogP contribution is -2.06. The minimum atomic E-state index is -4.30. The molecule has 0 saturated heterocycles. The molecule has 3 rings (SSSR count). The Balaban J connectivity index is 2.04. The monoisotopic (exact) mass is 314 g/mol. The number of hydrogen-bond acceptors (Lipinski definition) is 1. The molecule has 0 aliphatic carbocycles. The van der Waals surface area contributed by atoms with Crippen molar-refractivity contribution >= 4 is 23.4 Å². The maximum absolute atomic E-state index is 12.8. The quantitative estimate of drug-likeness (QED) is 0.609. The van der Waals surface area contributed by atoms with Crippen molar-refractivity contribution in [2.75, 3.05) is 0 Å². The van der Waals surface area contributed by atoms with E-state index in [9.17, 15) is 13.2 Å². The Morgan fingerprint density at radius 1 is 1.00 bits per heavy atom. The molecule has 0 aromatic heterocycles. The average molecular weight is 315 g/mol. The summed E-state index contributed by atoms with van der Waals surface area (Å²) in [6.07, 6.45) is -3.06. The molecule has 0 spiro atoms. The first-order valence-corrected chi connectivity index (χ1v) is 7.30. The van der Waals surface area contributed by atoms with Crippen molar-refractivity contribution in [3.63, 3.8) is 0 Å². The SMILES string of the molecule is FC(F)(F)c1ccc2c(c1)CCc1c(Cl)cccc1S2. The second-order valence-electron chi connectivity index (χ2n) is 4.64. The van der Waals surface area contributed by atoms with Crippen molar-refractivity contribution in [2.24, 2.45) is 0 Å². The smallest absolute Gasteiger partial charge is 0.166 e. The Bertz CT molecular complexity index is 665. The van der Waals surface area contributed by atoms with E-state index >= 15 is 0 Å². The summed E-state index contributed by atoms with van der Waals surface area (Å²) >= 11 is 7.65. The Morgan fingerprint density at radius 2 is 1.80 bits per heavy atom. The van der Waals surface area contributed by atoms with E-state index in [0.717, 1.165) is 27.0 Å². The molecular weight excluding hydrogens is 305 g/mol. The summed E-state index contributed by atoms with van der Waals surface area (Å²) in [5.41, 5.74) is 1.16. The maximum Gasteiger partial charge on any atom is 0.416 e. The molecule has 1 heterocycles. The third-order valence-corrected chi connectivity index (χ3v) is 4.90. The standard InChI is InChI=1S/C15H10ClF3S/c16-12-2-1-3-14-11(12)6-4-9-8-10(15(17,18)19)5-7-13(9)20-14/h1-3,5,7-8H,4,6H2. The summed E-state index contributed by atoms with van der Waals surface area (Å²) in [5, 5.41) is 0.679. The van der Waals surface area contributed by atoms with Gasteiger partial charge in [0.25, 0.3) is 0 Å². The summed E-state index contributed by atoms with van der Waals surface area (Å²) < 4.78 is 38.3. The van der Waals surface area contributed by atoms with Gasteiger partial charge in [-0.05, 0) is 54.3 Å². The predicted molar refractivity (Wildman–Crippen MR) is 74.4 cm³/mol. The number of fused-ring (bicyclic) bond motifs is 2. The average Bonchev–Trinajstić information content (AvgIpc) is 2.56. The number of halogens is 4. The Labute approximate surface area is 124 Å². The third kappa shape index (κ3) is 2.54. The van der Waals surface area contributed by atoms with E-state index in [4.69, 9.17) is 11.6 Å². The van der Waals surface area contributed by atoms with E-state index < -0.39 is 11.7 Å². The van der Waals surface area contributed by atoms with Crippen LogP contribution < -0.4 is 0 Å². The van der Waals surface area contributed by atoms with Gasteiger partial charge in [-0.25, -0.2) is 0 Å². The van der Waals surface area contributed by atoms with Crippen LogP contribution in [0.2, 0.25) is 5.02 Å². The minimum Gasteiger partial charge on any atom is -0.166 e. The molecule has 0 amide bonds. The van der Waals surface area contributed by atoms with Crippen LogP contribution in [0.15, 0.2) is 46.2 Å². The highest BCUT2D eigenvalue weighted by molar-refractivity contribution is 7.99. The fourth-order valence-corrected chi connectivity index (χ4v) is 3.78. The number of alkyl halides is 3. The molecular formula is C15H10ClF3S. The first-order chi connectivity index (χ1) is 9.45. The van der Waals surface area contributed by atoms with E-state index in [-0.39, 0.29) is 0 Å². The number of benzene rings is 2. The summed E-state index contributed by atoms with van der Waals surface area (Å²) in [6, 6.07) is 9.59. The Morgan fingerprint density at radius 3 is 2.55 bits per heavy atom. The van der Waals surface area contributed by atoms with Gasteiger partial charge in [-0.1, -0.05) is 29.4 Å². The molecule has 1 aliphatic heterocycles. The molecule has 0 nitrogen and oxygen atoms in total. The molecule has 2 aromatic rings. The summed E-state index contributed by atoms with van der Waals surface area (Å²) in [6.45, 7) is 0. The van der Waals surface area contributed by atoms with Crippen LogP contribution in [-0.4, -0.2) is 0 Å². The van der Waals surface area contributed by atoms with Crippen LogP contribution in [0.1, 0.15) is 16.7 Å². The zero-order valence-electron chi connectivity index (χ0n) is 10.3. The lowest BCUT2D eigenvalue weighted by Gasteiger charge is -2.11. The van der Waals surface area contributed by atoms with Gasteiger partial charge in [0.15, 0.2) is 0 Å². The maximum atomic E-state index is 12.8. The van der Waals surface area contributed by atoms with Crippen LogP contribution in [-0.2, 0) is 19.0 Å². The fraction of sp³-hybridized carbons (Fsp3) is 0.200. The molecule has 0 atom stereocenters. The molecule has 2 aromatic carbocycles. The van der Waals surface area contributed by atoms with Crippen molar-refractivity contribution in [1.29, 1.82) is 0 Å². The first-order valence-electron chi connectivity index (χ1n) is 6.10. The van der Waals surface area contributed by atoms with Gasteiger partial charge < -0.3 is 0 Å². The van der Waals surface area contributed by atoms with Crippen molar-refractivity contribution in [1.82, 2.24) is 0 Å². The Kier molecular flexibility index (Phi) is 3.46. The molecule has 0 bridgehead atoms. The van der Waals surface area contributed by atoms with Crippen molar-refractivity contribution in [3.05, 3.63) is 58.1 Å². The van der Waals surface area contributed by atoms with E-state index in [1.54, 1.807) is 6.07 Å². The van der Waals surface area contributed by atoms with E-state index in [2.05, 4.69) is 0 Å². The zero-order valence-corrected chi connectivity index (χ0v) is 11.9. The van der Waals surface area contributed by atoms with Gasteiger partial charge in [0.2, 0.25) is 0 Å². The minimum absolute atomic E-state index is 0.572. The van der Waals surface area contributed by atoms with Crippen LogP contribution in [0.3, 0.4) is 0 Å². The molecule has 104 valence electrons. The molecule has 0 N–H and O–H groups in total. The van der Waals surface area contributed by atoms with Crippen molar-refractivity contribution in [2.45, 2.75) is 28.8 Å². The van der Waals surface area contributed by atoms with E-state index in [1.807, 2.05) is 18.2 Å². The normalized spacial score (nSPS) is 14.4. The lowest BCUT2D eigenvalue weighted by molar-refractivity contribution is -0.137. The van der Waals surface area contributed by atoms with Crippen molar-refractivity contribution < 1.29 is 13.2 Å². The number of aryl methyl sites for hydroxylation is 1. The Hall–Kier alpha value is -1.13.